The van der Waals surface area contributed by atoms with Gasteiger partial charge < -0.3 is 33.8 Å². The number of hydrogen-bond donors (Lipinski definition) is 3. The Balaban J connectivity index is 5.22. The van der Waals surface area contributed by atoms with Gasteiger partial charge in [0, 0.05) is 25.7 Å². The molecule has 0 fully saturated rings. The molecular formula is C80H152O17P2. The molecule has 0 aromatic heterocycles. The van der Waals surface area contributed by atoms with Crippen LogP contribution in [0.5, 0.6) is 0 Å². The van der Waals surface area contributed by atoms with Gasteiger partial charge in [0.1, 0.15) is 19.3 Å². The molecule has 584 valence electrons. The number of ether oxygens (including phenoxy) is 4. The van der Waals surface area contributed by atoms with Crippen molar-refractivity contribution < 1.29 is 80.2 Å². The fourth-order valence-corrected chi connectivity index (χ4v) is 13.3. The van der Waals surface area contributed by atoms with Crippen molar-refractivity contribution in [2.45, 2.75) is 407 Å². The second-order valence-corrected chi connectivity index (χ2v) is 32.2. The zero-order valence-electron chi connectivity index (χ0n) is 64.4. The first kappa shape index (κ1) is 96.5. The van der Waals surface area contributed by atoms with Gasteiger partial charge in [-0.2, -0.15) is 0 Å². The lowest BCUT2D eigenvalue weighted by atomic mass is 9.99. The molecule has 0 aliphatic heterocycles. The molecule has 0 radical (unpaired) electrons. The quantitative estimate of drug-likeness (QED) is 0.0169. The third kappa shape index (κ3) is 72.3. The SMILES string of the molecule is CCCCCC/C=C\C=C/CCCCCCCC(=O)O[C@H](COC(=O)CCCCCCCCC(C)C)COP(=O)(O)OC[C@H](O)COP(=O)(O)OC[C@@H](COC(=O)CCCCCCCCCCCCCCCCCCCCC(C)C)OC(=O)CCCCCCCCCCCCC(C)CC. The van der Waals surface area contributed by atoms with Crippen LogP contribution >= 0.6 is 15.6 Å². The van der Waals surface area contributed by atoms with Crippen molar-refractivity contribution in [1.82, 2.24) is 0 Å². The Morgan fingerprint density at radius 1 is 0.333 bits per heavy atom. The number of unbranched alkanes of at least 4 members (excludes halogenated alkanes) is 40. The van der Waals surface area contributed by atoms with Crippen LogP contribution in [0, 0.1) is 17.8 Å². The number of esters is 4. The van der Waals surface area contributed by atoms with E-state index in [-0.39, 0.29) is 25.7 Å². The maximum atomic E-state index is 13.1. The number of phosphoric ester groups is 2. The Hall–Kier alpha value is -2.46. The number of carbonyl (C=O) groups excluding carboxylic acids is 4. The van der Waals surface area contributed by atoms with Crippen LogP contribution in [0.2, 0.25) is 0 Å². The highest BCUT2D eigenvalue weighted by Gasteiger charge is 2.30. The number of phosphoric acid groups is 2. The van der Waals surface area contributed by atoms with Gasteiger partial charge in [-0.3, -0.25) is 37.3 Å². The summed E-state index contributed by atoms with van der Waals surface area (Å²) < 4.78 is 68.6. The standard InChI is InChI=1S/C80H152O17P2/c1-8-10-11-12-13-14-15-16-21-26-29-35-40-49-56-63-79(84)97-76(68-91-78(83)62-55-48-43-42-45-52-59-72(5)6)70-95-99(88,89)93-66-74(81)65-92-98(86,87)94-69-75(96-80(85)64-57-50-41-36-31-30-33-38-46-53-60-73(7)9-2)67-90-77(82)61-54-47-39-34-28-25-23-20-18-17-19-22-24-27-32-37-44-51-58-71(3)4/h14-16,21,71-76,81H,8-13,17-20,22-70H2,1-7H3,(H,86,87)(H,88,89)/b15-14-,21-16-/t73?,74-,75-,76-/m1/s1. The minimum absolute atomic E-state index is 0.0838. The van der Waals surface area contributed by atoms with Gasteiger partial charge in [0.05, 0.1) is 26.4 Å². The van der Waals surface area contributed by atoms with Gasteiger partial charge in [-0.15, -0.1) is 0 Å². The smallest absolute Gasteiger partial charge is 0.462 e. The Bertz CT molecular complexity index is 2020. The summed E-state index contributed by atoms with van der Waals surface area (Å²) in [6, 6.07) is 0. The van der Waals surface area contributed by atoms with E-state index < -0.39 is 97.5 Å². The van der Waals surface area contributed by atoms with E-state index >= 15 is 0 Å². The molecule has 0 aliphatic carbocycles. The van der Waals surface area contributed by atoms with Crippen molar-refractivity contribution >= 4 is 39.5 Å². The second kappa shape index (κ2) is 69.9. The summed E-state index contributed by atoms with van der Waals surface area (Å²) in [6.45, 7) is 11.8. The van der Waals surface area contributed by atoms with Crippen molar-refractivity contribution in [3.8, 4) is 0 Å². The summed E-state index contributed by atoms with van der Waals surface area (Å²) in [6.07, 6.45) is 60.7. The van der Waals surface area contributed by atoms with Gasteiger partial charge in [0.25, 0.3) is 0 Å². The molecule has 0 heterocycles. The number of hydrogen-bond acceptors (Lipinski definition) is 15. The summed E-state index contributed by atoms with van der Waals surface area (Å²) >= 11 is 0. The van der Waals surface area contributed by atoms with E-state index in [2.05, 4.69) is 72.8 Å². The number of aliphatic hydroxyl groups is 1. The van der Waals surface area contributed by atoms with Crippen LogP contribution in [0.4, 0.5) is 0 Å². The van der Waals surface area contributed by atoms with E-state index in [1.165, 1.54) is 180 Å². The number of aliphatic hydroxyl groups excluding tert-OH is 1. The van der Waals surface area contributed by atoms with E-state index in [0.29, 0.717) is 31.6 Å². The minimum Gasteiger partial charge on any atom is -0.462 e. The summed E-state index contributed by atoms with van der Waals surface area (Å²) in [5.74, 6) is 0.153. The molecule has 0 aromatic carbocycles. The van der Waals surface area contributed by atoms with Gasteiger partial charge in [0.15, 0.2) is 12.2 Å². The molecule has 0 saturated heterocycles. The summed E-state index contributed by atoms with van der Waals surface area (Å²) in [4.78, 5) is 72.9. The van der Waals surface area contributed by atoms with Crippen molar-refractivity contribution in [2.24, 2.45) is 17.8 Å². The minimum atomic E-state index is -4.97. The van der Waals surface area contributed by atoms with Crippen LogP contribution in [0.1, 0.15) is 389 Å². The molecule has 0 aliphatic rings. The normalized spacial score (nSPS) is 14.4. The molecule has 0 amide bonds. The summed E-state index contributed by atoms with van der Waals surface area (Å²) in [5.41, 5.74) is 0. The van der Waals surface area contributed by atoms with Crippen LogP contribution in [0.15, 0.2) is 24.3 Å². The van der Waals surface area contributed by atoms with Gasteiger partial charge in [-0.25, -0.2) is 9.13 Å². The first-order chi connectivity index (χ1) is 47.8. The van der Waals surface area contributed by atoms with Crippen LogP contribution in [-0.4, -0.2) is 96.7 Å². The molecule has 6 atom stereocenters. The van der Waals surface area contributed by atoms with Gasteiger partial charge >= 0.3 is 39.5 Å². The third-order valence-electron chi connectivity index (χ3n) is 18.4. The molecule has 99 heavy (non-hydrogen) atoms. The topological polar surface area (TPSA) is 237 Å². The maximum absolute atomic E-state index is 13.1. The molecule has 3 N–H and O–H groups in total. The molecule has 0 spiro atoms. The first-order valence-corrected chi connectivity index (χ1v) is 43.7. The first-order valence-electron chi connectivity index (χ1n) is 40.7. The van der Waals surface area contributed by atoms with E-state index in [9.17, 15) is 43.2 Å². The van der Waals surface area contributed by atoms with E-state index in [4.69, 9.17) is 37.0 Å². The van der Waals surface area contributed by atoms with Gasteiger partial charge in [0.2, 0.25) is 0 Å². The lowest BCUT2D eigenvalue weighted by Crippen LogP contribution is -2.30. The predicted octanol–water partition coefficient (Wildman–Crippen LogP) is 23.3. The molecule has 0 bridgehead atoms. The average molecular weight is 1450 g/mol. The Morgan fingerprint density at radius 3 is 0.899 bits per heavy atom. The van der Waals surface area contributed by atoms with Crippen molar-refractivity contribution in [3.63, 3.8) is 0 Å². The van der Waals surface area contributed by atoms with E-state index in [1.54, 1.807) is 0 Å². The molecular weight excluding hydrogens is 1290 g/mol. The average Bonchev–Trinajstić information content (AvgIpc) is 1.09. The molecule has 0 saturated carbocycles. The van der Waals surface area contributed by atoms with Crippen molar-refractivity contribution in [1.29, 1.82) is 0 Å². The van der Waals surface area contributed by atoms with Crippen molar-refractivity contribution in [2.75, 3.05) is 39.6 Å². The summed E-state index contributed by atoms with van der Waals surface area (Å²) in [5, 5.41) is 10.6. The highest BCUT2D eigenvalue weighted by Crippen LogP contribution is 2.45. The van der Waals surface area contributed by atoms with Crippen LogP contribution in [-0.2, 0) is 65.4 Å². The highest BCUT2D eigenvalue weighted by atomic mass is 31.2. The lowest BCUT2D eigenvalue weighted by molar-refractivity contribution is -0.161. The Morgan fingerprint density at radius 2 is 0.596 bits per heavy atom. The molecule has 19 heteroatoms. The molecule has 0 rings (SSSR count). The summed E-state index contributed by atoms with van der Waals surface area (Å²) in [7, 11) is -9.93. The lowest BCUT2D eigenvalue weighted by Gasteiger charge is -2.21. The van der Waals surface area contributed by atoms with Gasteiger partial charge in [-0.05, 0) is 69.1 Å². The van der Waals surface area contributed by atoms with E-state index in [0.717, 1.165) is 121 Å². The Kier molecular flexibility index (Phi) is 68.1. The van der Waals surface area contributed by atoms with Gasteiger partial charge in [-0.1, -0.05) is 336 Å². The molecule has 0 aromatic rings. The van der Waals surface area contributed by atoms with Crippen molar-refractivity contribution in [3.05, 3.63) is 24.3 Å². The number of allylic oxidation sites excluding steroid dienone is 4. The monoisotopic (exact) mass is 1450 g/mol. The molecule has 3 unspecified atom stereocenters. The number of rotatable bonds is 76. The fraction of sp³-hybridized carbons (Fsp3) is 0.900. The van der Waals surface area contributed by atoms with Crippen LogP contribution < -0.4 is 0 Å². The predicted molar refractivity (Wildman–Crippen MR) is 404 cm³/mol. The van der Waals surface area contributed by atoms with Crippen LogP contribution in [0.3, 0.4) is 0 Å². The third-order valence-corrected chi connectivity index (χ3v) is 20.3. The van der Waals surface area contributed by atoms with Crippen LogP contribution in [0.25, 0.3) is 0 Å². The fourth-order valence-electron chi connectivity index (χ4n) is 11.7. The zero-order chi connectivity index (χ0) is 73.0. The molecule has 17 nitrogen and oxygen atoms in total. The second-order valence-electron chi connectivity index (χ2n) is 29.3. The maximum Gasteiger partial charge on any atom is 0.472 e. The largest absolute Gasteiger partial charge is 0.472 e. The Labute approximate surface area is 605 Å². The number of carbonyl (C=O) groups is 4. The van der Waals surface area contributed by atoms with E-state index in [1.807, 2.05) is 0 Å². The highest BCUT2D eigenvalue weighted by molar-refractivity contribution is 7.47. The zero-order valence-corrected chi connectivity index (χ0v) is 66.2.